The molecule has 5 rings (SSSR count). The Balaban J connectivity index is 1.13. The van der Waals surface area contributed by atoms with Crippen LogP contribution in [0.4, 0.5) is 0 Å². The molecule has 4 aromatic rings. The summed E-state index contributed by atoms with van der Waals surface area (Å²) in [4.78, 5) is 37.2. The summed E-state index contributed by atoms with van der Waals surface area (Å²) < 4.78 is 0. The maximum absolute atomic E-state index is 13.0. The summed E-state index contributed by atoms with van der Waals surface area (Å²) in [7, 11) is 0. The molecule has 3 aromatic heterocycles. The van der Waals surface area contributed by atoms with Crippen LogP contribution in [0.15, 0.2) is 73.3 Å². The normalized spacial score (nSPS) is 18.5. The molecule has 1 saturated carbocycles. The second-order valence-electron chi connectivity index (χ2n) is 9.63. The SMILES string of the molecule is C[C@H](NC(=O)[C@@H]1CCC[C@H](c2ccc(-c3cccnc3)cc2)C1)C(=O)NCc1cc2cnccc2[nH]1. The number of carbonyl (C=O) groups excluding carboxylic acids is 2. The van der Waals surface area contributed by atoms with Gasteiger partial charge in [0.15, 0.2) is 0 Å². The minimum absolute atomic E-state index is 0.0361. The number of fused-ring (bicyclic) bond motifs is 1. The number of nitrogens with one attached hydrogen (secondary N) is 3. The van der Waals surface area contributed by atoms with Crippen LogP contribution in [0.2, 0.25) is 0 Å². The van der Waals surface area contributed by atoms with Crippen molar-refractivity contribution >= 4 is 22.7 Å². The summed E-state index contributed by atoms with van der Waals surface area (Å²) in [5.74, 6) is 0.0285. The number of rotatable bonds is 7. The predicted molar refractivity (Wildman–Crippen MR) is 140 cm³/mol. The van der Waals surface area contributed by atoms with Crippen LogP contribution in [-0.4, -0.2) is 32.8 Å². The Kier molecular flexibility index (Phi) is 7.07. The van der Waals surface area contributed by atoms with E-state index >= 15 is 0 Å². The lowest BCUT2D eigenvalue weighted by molar-refractivity contribution is -0.131. The van der Waals surface area contributed by atoms with Gasteiger partial charge in [-0.2, -0.15) is 0 Å². The van der Waals surface area contributed by atoms with E-state index in [0.29, 0.717) is 12.5 Å². The Hall–Kier alpha value is -4.00. The molecule has 0 bridgehead atoms. The van der Waals surface area contributed by atoms with Crippen LogP contribution in [0, 0.1) is 5.92 Å². The van der Waals surface area contributed by atoms with Gasteiger partial charge in [-0.1, -0.05) is 36.8 Å². The fraction of sp³-hybridized carbons (Fsp3) is 0.310. The number of nitrogens with zero attached hydrogens (tertiary/aromatic N) is 2. The lowest BCUT2D eigenvalue weighted by Gasteiger charge is -2.29. The van der Waals surface area contributed by atoms with E-state index in [2.05, 4.69) is 55.9 Å². The molecular weight excluding hydrogens is 450 g/mol. The molecule has 0 aliphatic heterocycles. The molecule has 1 aliphatic carbocycles. The highest BCUT2D eigenvalue weighted by Crippen LogP contribution is 2.37. The average Bonchev–Trinajstić information content (AvgIpc) is 3.35. The van der Waals surface area contributed by atoms with Crippen molar-refractivity contribution in [3.05, 3.63) is 84.6 Å². The molecule has 36 heavy (non-hydrogen) atoms. The number of pyridine rings is 2. The number of amides is 2. The summed E-state index contributed by atoms with van der Waals surface area (Å²) in [6.07, 6.45) is 10.9. The van der Waals surface area contributed by atoms with Crippen molar-refractivity contribution in [3.63, 3.8) is 0 Å². The largest absolute Gasteiger partial charge is 0.357 e. The topological polar surface area (TPSA) is 99.8 Å². The number of hydrogen-bond donors (Lipinski definition) is 3. The second kappa shape index (κ2) is 10.7. The Morgan fingerprint density at radius 3 is 2.64 bits per heavy atom. The van der Waals surface area contributed by atoms with Gasteiger partial charge in [0.2, 0.25) is 11.8 Å². The van der Waals surface area contributed by atoms with E-state index < -0.39 is 6.04 Å². The highest BCUT2D eigenvalue weighted by molar-refractivity contribution is 5.88. The van der Waals surface area contributed by atoms with Crippen LogP contribution in [0.3, 0.4) is 0 Å². The molecule has 1 aliphatic rings. The van der Waals surface area contributed by atoms with Crippen molar-refractivity contribution in [2.45, 2.75) is 51.1 Å². The van der Waals surface area contributed by atoms with E-state index in [4.69, 9.17) is 0 Å². The number of hydrogen-bond acceptors (Lipinski definition) is 4. The van der Waals surface area contributed by atoms with Crippen molar-refractivity contribution in [1.82, 2.24) is 25.6 Å². The number of aromatic amines is 1. The van der Waals surface area contributed by atoms with Gasteiger partial charge in [0.05, 0.1) is 6.54 Å². The van der Waals surface area contributed by atoms with E-state index in [1.165, 1.54) is 5.56 Å². The van der Waals surface area contributed by atoms with E-state index in [1.54, 1.807) is 25.5 Å². The van der Waals surface area contributed by atoms with E-state index in [9.17, 15) is 9.59 Å². The smallest absolute Gasteiger partial charge is 0.242 e. The fourth-order valence-electron chi connectivity index (χ4n) is 5.07. The molecule has 0 spiro atoms. The first-order chi connectivity index (χ1) is 17.6. The van der Waals surface area contributed by atoms with Crippen molar-refractivity contribution < 1.29 is 9.59 Å². The Morgan fingerprint density at radius 1 is 1.03 bits per heavy atom. The standard InChI is InChI=1S/C29H31N5O2/c1-19(28(35)32-18-26-15-25-17-31-13-11-27(25)34-26)33-29(36)23-5-2-4-22(14-23)20-7-9-21(10-8-20)24-6-3-12-30-16-24/h3,6-13,15-17,19,22-23,34H,2,4-5,14,18H2,1H3,(H,32,35)(H,33,36)/t19-,22-,23+/m0/s1. The van der Waals surface area contributed by atoms with Gasteiger partial charge in [0, 0.05) is 47.3 Å². The van der Waals surface area contributed by atoms with Crippen molar-refractivity contribution in [2.75, 3.05) is 0 Å². The minimum Gasteiger partial charge on any atom is -0.357 e. The van der Waals surface area contributed by atoms with Gasteiger partial charge in [-0.3, -0.25) is 19.6 Å². The van der Waals surface area contributed by atoms with Gasteiger partial charge in [-0.25, -0.2) is 0 Å². The van der Waals surface area contributed by atoms with Gasteiger partial charge >= 0.3 is 0 Å². The minimum atomic E-state index is -0.595. The molecule has 3 N–H and O–H groups in total. The third-order valence-electron chi connectivity index (χ3n) is 7.10. The zero-order valence-corrected chi connectivity index (χ0v) is 20.4. The molecule has 3 heterocycles. The number of benzene rings is 1. The first-order valence-electron chi connectivity index (χ1n) is 12.6. The monoisotopic (exact) mass is 481 g/mol. The van der Waals surface area contributed by atoms with Gasteiger partial charge < -0.3 is 15.6 Å². The van der Waals surface area contributed by atoms with Gasteiger partial charge in [-0.05, 0) is 67.0 Å². The molecule has 1 fully saturated rings. The lowest BCUT2D eigenvalue weighted by Crippen LogP contribution is -2.47. The van der Waals surface area contributed by atoms with Gasteiger partial charge in [0.25, 0.3) is 0 Å². The zero-order valence-electron chi connectivity index (χ0n) is 20.4. The first kappa shape index (κ1) is 23.7. The van der Waals surface area contributed by atoms with Crippen LogP contribution in [0.5, 0.6) is 0 Å². The van der Waals surface area contributed by atoms with Crippen molar-refractivity contribution in [1.29, 1.82) is 0 Å². The second-order valence-corrected chi connectivity index (χ2v) is 9.63. The van der Waals surface area contributed by atoms with Gasteiger partial charge in [-0.15, -0.1) is 0 Å². The first-order valence-corrected chi connectivity index (χ1v) is 12.6. The third kappa shape index (κ3) is 5.46. The van der Waals surface area contributed by atoms with Crippen LogP contribution in [0.1, 0.15) is 49.8 Å². The van der Waals surface area contributed by atoms with Crippen LogP contribution in [0.25, 0.3) is 22.0 Å². The predicted octanol–water partition coefficient (Wildman–Crippen LogP) is 4.72. The molecule has 2 amide bonds. The molecule has 0 radical (unpaired) electrons. The summed E-state index contributed by atoms with van der Waals surface area (Å²) in [6, 6.07) is 15.9. The molecule has 0 saturated heterocycles. The molecule has 7 heteroatoms. The van der Waals surface area contributed by atoms with Crippen molar-refractivity contribution in [2.24, 2.45) is 5.92 Å². The van der Waals surface area contributed by atoms with Crippen LogP contribution in [-0.2, 0) is 16.1 Å². The fourth-order valence-corrected chi connectivity index (χ4v) is 5.07. The third-order valence-corrected chi connectivity index (χ3v) is 7.10. The maximum Gasteiger partial charge on any atom is 0.242 e. The zero-order chi connectivity index (χ0) is 24.9. The summed E-state index contributed by atoms with van der Waals surface area (Å²) in [5, 5.41) is 6.85. The molecular formula is C29H31N5O2. The molecule has 7 nitrogen and oxygen atoms in total. The van der Waals surface area contributed by atoms with E-state index in [-0.39, 0.29) is 17.7 Å². The lowest BCUT2D eigenvalue weighted by atomic mass is 9.77. The Bertz CT molecular complexity index is 1300. The summed E-state index contributed by atoms with van der Waals surface area (Å²) >= 11 is 0. The molecule has 184 valence electrons. The highest BCUT2D eigenvalue weighted by atomic mass is 16.2. The van der Waals surface area contributed by atoms with E-state index in [1.807, 2.05) is 24.4 Å². The molecule has 1 aromatic carbocycles. The number of aromatic nitrogens is 3. The van der Waals surface area contributed by atoms with Crippen molar-refractivity contribution in [3.8, 4) is 11.1 Å². The average molecular weight is 482 g/mol. The van der Waals surface area contributed by atoms with Crippen LogP contribution < -0.4 is 10.6 Å². The Labute approximate surface area is 210 Å². The molecule has 3 atom stereocenters. The van der Waals surface area contributed by atoms with Crippen LogP contribution >= 0.6 is 0 Å². The van der Waals surface area contributed by atoms with E-state index in [0.717, 1.165) is 53.4 Å². The quantitative estimate of drug-likeness (QED) is 0.356. The Morgan fingerprint density at radius 2 is 1.86 bits per heavy atom. The number of carbonyl (C=O) groups is 2. The molecule has 0 unspecified atom stereocenters. The number of H-pyrrole nitrogens is 1. The summed E-state index contributed by atoms with van der Waals surface area (Å²) in [6.45, 7) is 2.11. The highest BCUT2D eigenvalue weighted by Gasteiger charge is 2.29. The maximum atomic E-state index is 13.0. The van der Waals surface area contributed by atoms with Gasteiger partial charge in [0.1, 0.15) is 6.04 Å². The summed E-state index contributed by atoms with van der Waals surface area (Å²) in [5.41, 5.74) is 5.38.